The highest BCUT2D eigenvalue weighted by molar-refractivity contribution is 6.31. The van der Waals surface area contributed by atoms with E-state index >= 15 is 0 Å². The maximum atomic E-state index is 13.0. The first-order valence-electron chi connectivity index (χ1n) is 9.37. The van der Waals surface area contributed by atoms with Crippen LogP contribution < -0.4 is 15.8 Å². The Labute approximate surface area is 165 Å². The molecule has 0 radical (unpaired) electrons. The molecule has 1 heterocycles. The van der Waals surface area contributed by atoms with Crippen molar-refractivity contribution >= 4 is 17.5 Å². The molecule has 1 fully saturated rings. The molecule has 3 rings (SSSR count). The number of carbonyl (C=O) groups excluding carboxylic acids is 1. The van der Waals surface area contributed by atoms with Crippen LogP contribution in [0, 0.1) is 11.8 Å². The second-order valence-corrected chi connectivity index (χ2v) is 7.50. The van der Waals surface area contributed by atoms with Gasteiger partial charge in [0.25, 0.3) is 5.91 Å². The Morgan fingerprint density at radius 3 is 2.70 bits per heavy atom. The zero-order valence-electron chi connectivity index (χ0n) is 15.5. The minimum Gasteiger partial charge on any atom is -0.496 e. The molecule has 0 bridgehead atoms. The first-order chi connectivity index (χ1) is 13.1. The lowest BCUT2D eigenvalue weighted by Gasteiger charge is -2.33. The van der Waals surface area contributed by atoms with E-state index < -0.39 is 0 Å². The third-order valence-electron chi connectivity index (χ3n) is 5.40. The lowest BCUT2D eigenvalue weighted by atomic mass is 9.77. The summed E-state index contributed by atoms with van der Waals surface area (Å²) in [4.78, 5) is 17.5. The van der Waals surface area contributed by atoms with Crippen molar-refractivity contribution in [3.63, 3.8) is 0 Å². The normalized spacial score (nSPS) is 20.7. The van der Waals surface area contributed by atoms with Crippen molar-refractivity contribution in [3.8, 4) is 5.75 Å². The molecule has 0 unspecified atom stereocenters. The molecule has 6 heteroatoms. The van der Waals surface area contributed by atoms with Crippen LogP contribution in [-0.4, -0.2) is 24.5 Å². The zero-order valence-corrected chi connectivity index (χ0v) is 16.3. The summed E-state index contributed by atoms with van der Waals surface area (Å²) >= 11 is 6.09. The summed E-state index contributed by atoms with van der Waals surface area (Å²) in [5.74, 6) is 1.21. The maximum Gasteiger partial charge on any atom is 0.255 e. The van der Waals surface area contributed by atoms with E-state index in [9.17, 15) is 4.79 Å². The van der Waals surface area contributed by atoms with E-state index in [-0.39, 0.29) is 11.9 Å². The summed E-state index contributed by atoms with van der Waals surface area (Å²) < 4.78 is 5.33. The number of methoxy groups -OCH3 is 1. The van der Waals surface area contributed by atoms with Crippen molar-refractivity contribution in [2.45, 2.75) is 31.7 Å². The summed E-state index contributed by atoms with van der Waals surface area (Å²) in [7, 11) is 1.55. The lowest BCUT2D eigenvalue weighted by Crippen LogP contribution is -2.36. The van der Waals surface area contributed by atoms with Gasteiger partial charge in [-0.15, -0.1) is 0 Å². The van der Waals surface area contributed by atoms with Gasteiger partial charge in [-0.2, -0.15) is 0 Å². The van der Waals surface area contributed by atoms with Crippen molar-refractivity contribution in [1.82, 2.24) is 10.3 Å². The van der Waals surface area contributed by atoms with Crippen molar-refractivity contribution in [3.05, 3.63) is 58.9 Å². The third-order valence-corrected chi connectivity index (χ3v) is 5.63. The number of halogens is 1. The molecule has 144 valence electrons. The average molecular weight is 388 g/mol. The molecular weight excluding hydrogens is 362 g/mol. The summed E-state index contributed by atoms with van der Waals surface area (Å²) in [6, 6.07) is 10.7. The number of nitrogens with one attached hydrogen (secondary N) is 1. The average Bonchev–Trinajstić information content (AvgIpc) is 2.72. The number of nitrogens with zero attached hydrogens (tertiary/aromatic N) is 1. The fourth-order valence-corrected chi connectivity index (χ4v) is 4.00. The van der Waals surface area contributed by atoms with Gasteiger partial charge in [0, 0.05) is 11.2 Å². The van der Waals surface area contributed by atoms with Crippen LogP contribution in [0.15, 0.2) is 42.6 Å². The Morgan fingerprint density at radius 2 is 2.07 bits per heavy atom. The molecule has 0 aliphatic heterocycles. The van der Waals surface area contributed by atoms with Crippen molar-refractivity contribution < 1.29 is 9.53 Å². The number of ether oxygens (including phenoxy) is 1. The second-order valence-electron chi connectivity index (χ2n) is 7.07. The van der Waals surface area contributed by atoms with Gasteiger partial charge in [0.1, 0.15) is 5.75 Å². The summed E-state index contributed by atoms with van der Waals surface area (Å²) in [6.45, 7) is 0.729. The molecule has 0 spiro atoms. The van der Waals surface area contributed by atoms with Gasteiger partial charge in [-0.05, 0) is 74.4 Å². The fourth-order valence-electron chi connectivity index (χ4n) is 3.83. The number of carbonyl (C=O) groups is 1. The van der Waals surface area contributed by atoms with Gasteiger partial charge >= 0.3 is 0 Å². The molecule has 3 N–H and O–H groups in total. The quantitative estimate of drug-likeness (QED) is 0.785. The lowest BCUT2D eigenvalue weighted by molar-refractivity contribution is 0.0902. The zero-order chi connectivity index (χ0) is 19.2. The van der Waals surface area contributed by atoms with Gasteiger partial charge in [0.05, 0.1) is 24.4 Å². The molecule has 1 aliphatic carbocycles. The van der Waals surface area contributed by atoms with Crippen LogP contribution in [0.25, 0.3) is 0 Å². The van der Waals surface area contributed by atoms with Crippen LogP contribution >= 0.6 is 11.6 Å². The van der Waals surface area contributed by atoms with E-state index in [1.807, 2.05) is 18.2 Å². The highest BCUT2D eigenvalue weighted by Gasteiger charge is 2.31. The number of rotatable bonds is 6. The van der Waals surface area contributed by atoms with E-state index in [2.05, 4.69) is 10.3 Å². The number of hydrogen-bond acceptors (Lipinski definition) is 4. The maximum absolute atomic E-state index is 13.0. The first kappa shape index (κ1) is 19.6. The monoisotopic (exact) mass is 387 g/mol. The number of aromatic nitrogens is 1. The predicted molar refractivity (Wildman–Crippen MR) is 107 cm³/mol. The van der Waals surface area contributed by atoms with Crippen LogP contribution in [0.5, 0.6) is 5.75 Å². The Balaban J connectivity index is 1.84. The summed E-state index contributed by atoms with van der Waals surface area (Å²) in [6.07, 6.45) is 5.98. The SMILES string of the molecule is COc1ccc(Cl)cc1C(=O)N[C@H](c1ccccn1)C1CCC(CN)CC1. The van der Waals surface area contributed by atoms with E-state index in [4.69, 9.17) is 22.1 Å². The van der Waals surface area contributed by atoms with Crippen LogP contribution in [0.4, 0.5) is 0 Å². The minimum atomic E-state index is -0.203. The predicted octanol–water partition coefficient (Wildman–Crippen LogP) is 3.98. The van der Waals surface area contributed by atoms with Crippen molar-refractivity contribution in [1.29, 1.82) is 0 Å². The van der Waals surface area contributed by atoms with Crippen molar-refractivity contribution in [2.75, 3.05) is 13.7 Å². The molecule has 0 saturated heterocycles. The van der Waals surface area contributed by atoms with Gasteiger partial charge < -0.3 is 15.8 Å². The van der Waals surface area contributed by atoms with Crippen LogP contribution in [0.3, 0.4) is 0 Å². The molecule has 1 atom stereocenters. The molecule has 1 aliphatic rings. The van der Waals surface area contributed by atoms with E-state index in [1.54, 1.807) is 31.5 Å². The van der Waals surface area contributed by atoms with Crippen molar-refractivity contribution in [2.24, 2.45) is 17.6 Å². The Hall–Kier alpha value is -2.11. The second kappa shape index (κ2) is 9.20. The van der Waals surface area contributed by atoms with Gasteiger partial charge in [-0.25, -0.2) is 0 Å². The molecule has 5 nitrogen and oxygen atoms in total. The van der Waals surface area contributed by atoms with Gasteiger partial charge in [0.15, 0.2) is 0 Å². The van der Waals surface area contributed by atoms with Gasteiger partial charge in [-0.1, -0.05) is 17.7 Å². The number of benzene rings is 1. The fraction of sp³-hybridized carbons (Fsp3) is 0.429. The highest BCUT2D eigenvalue weighted by Crippen LogP contribution is 2.36. The number of nitrogens with two attached hydrogens (primary N) is 1. The standard InChI is InChI=1S/C21H26ClN3O2/c1-27-19-10-9-16(22)12-17(19)21(26)25-20(18-4-2-3-11-24-18)15-7-5-14(13-23)6-8-15/h2-4,9-12,14-15,20H,5-8,13,23H2,1H3,(H,25,26)/t14?,15?,20-/m0/s1. The highest BCUT2D eigenvalue weighted by atomic mass is 35.5. The van der Waals surface area contributed by atoms with E-state index in [0.717, 1.165) is 37.9 Å². The van der Waals surface area contributed by atoms with E-state index in [1.165, 1.54) is 0 Å². The minimum absolute atomic E-state index is 0.152. The smallest absolute Gasteiger partial charge is 0.255 e. The molecule has 1 saturated carbocycles. The Morgan fingerprint density at radius 1 is 1.30 bits per heavy atom. The molecule has 1 aromatic heterocycles. The Bertz CT molecular complexity index is 761. The Kier molecular flexibility index (Phi) is 6.69. The molecule has 1 aromatic carbocycles. The largest absolute Gasteiger partial charge is 0.496 e. The van der Waals surface area contributed by atoms with Crippen LogP contribution in [-0.2, 0) is 0 Å². The van der Waals surface area contributed by atoms with E-state index in [0.29, 0.717) is 28.2 Å². The summed E-state index contributed by atoms with van der Waals surface area (Å²) in [5.41, 5.74) is 7.14. The van der Waals surface area contributed by atoms with Crippen LogP contribution in [0.1, 0.15) is 47.8 Å². The number of hydrogen-bond donors (Lipinski definition) is 2. The summed E-state index contributed by atoms with van der Waals surface area (Å²) in [5, 5.41) is 3.68. The molecule has 2 aromatic rings. The third kappa shape index (κ3) is 4.79. The molecule has 27 heavy (non-hydrogen) atoms. The molecule has 1 amide bonds. The first-order valence-corrected chi connectivity index (χ1v) is 9.75. The van der Waals surface area contributed by atoms with Crippen LogP contribution in [0.2, 0.25) is 5.02 Å². The molecular formula is C21H26ClN3O2. The van der Waals surface area contributed by atoms with Gasteiger partial charge in [0.2, 0.25) is 0 Å². The number of amides is 1. The van der Waals surface area contributed by atoms with Gasteiger partial charge in [-0.3, -0.25) is 9.78 Å². The topological polar surface area (TPSA) is 77.2 Å². The number of pyridine rings is 1.